The second-order valence-corrected chi connectivity index (χ2v) is 11.7. The van der Waals surface area contributed by atoms with E-state index in [1.165, 1.54) is 15.6 Å². The lowest BCUT2D eigenvalue weighted by atomic mass is 9.75. The van der Waals surface area contributed by atoms with Gasteiger partial charge in [0.2, 0.25) is 0 Å². The topological polar surface area (TPSA) is 66.4 Å². The van der Waals surface area contributed by atoms with E-state index in [9.17, 15) is 18.4 Å². The Labute approximate surface area is 243 Å². The molecule has 0 saturated heterocycles. The molecule has 0 bridgehead atoms. The van der Waals surface area contributed by atoms with Crippen LogP contribution in [0.3, 0.4) is 0 Å². The van der Waals surface area contributed by atoms with Gasteiger partial charge in [0.1, 0.15) is 0 Å². The molecule has 4 aromatic rings. The van der Waals surface area contributed by atoms with Crippen molar-refractivity contribution in [3.63, 3.8) is 0 Å². The van der Waals surface area contributed by atoms with E-state index in [1.807, 2.05) is 29.6 Å². The molecule has 0 aliphatic carbocycles. The molecule has 2 unspecified atom stereocenters. The van der Waals surface area contributed by atoms with E-state index in [0.717, 1.165) is 34.0 Å². The quantitative estimate of drug-likeness (QED) is 0.183. The van der Waals surface area contributed by atoms with Crippen molar-refractivity contribution >= 4 is 60.8 Å². The second-order valence-electron chi connectivity index (χ2n) is 9.55. The lowest BCUT2D eigenvalue weighted by Crippen LogP contribution is -2.42. The monoisotopic (exact) mass is 633 g/mol. The molecular formula is C30H27BrClF2NO3S. The van der Waals surface area contributed by atoms with E-state index < -0.39 is 24.3 Å². The average molecular weight is 635 g/mol. The molecule has 2 atom stereocenters. The zero-order valence-corrected chi connectivity index (χ0v) is 24.5. The molecule has 3 aromatic carbocycles. The maximum atomic E-state index is 13.4. The molecule has 1 heterocycles. The van der Waals surface area contributed by atoms with Gasteiger partial charge >= 0.3 is 11.9 Å². The van der Waals surface area contributed by atoms with Crippen LogP contribution in [0.5, 0.6) is 0 Å². The van der Waals surface area contributed by atoms with E-state index in [-0.39, 0.29) is 17.4 Å². The number of aliphatic carboxylic acids is 1. The summed E-state index contributed by atoms with van der Waals surface area (Å²) in [4.78, 5) is 23.1. The fourth-order valence-corrected chi connectivity index (χ4v) is 6.85. The van der Waals surface area contributed by atoms with Gasteiger partial charge in [0.05, 0.1) is 6.54 Å². The molecule has 4 nitrogen and oxygen atoms in total. The van der Waals surface area contributed by atoms with Crippen molar-refractivity contribution in [1.29, 1.82) is 0 Å². The van der Waals surface area contributed by atoms with Crippen molar-refractivity contribution in [2.24, 2.45) is 0 Å². The number of halogens is 4. The van der Waals surface area contributed by atoms with Crippen LogP contribution in [0.25, 0.3) is 10.1 Å². The summed E-state index contributed by atoms with van der Waals surface area (Å²) in [6.07, 6.45) is 1.79. The zero-order valence-electron chi connectivity index (χ0n) is 21.3. The molecule has 1 amide bonds. The molecule has 0 spiro atoms. The number of hydrogen-bond donors (Lipinski definition) is 2. The summed E-state index contributed by atoms with van der Waals surface area (Å²) >= 11 is 11.6. The molecule has 204 valence electrons. The summed E-state index contributed by atoms with van der Waals surface area (Å²) in [6.45, 7) is 2.92. The first-order valence-corrected chi connectivity index (χ1v) is 14.5. The Hall–Kier alpha value is -2.81. The molecule has 0 saturated carbocycles. The van der Waals surface area contributed by atoms with Crippen LogP contribution in [-0.2, 0) is 4.79 Å². The highest BCUT2D eigenvalue weighted by Crippen LogP contribution is 2.47. The molecule has 2 N–H and O–H groups in total. The minimum Gasteiger partial charge on any atom is -0.477 e. The normalized spacial score (nSPS) is 13.3. The number of benzene rings is 3. The molecule has 4 rings (SSSR count). The predicted molar refractivity (Wildman–Crippen MR) is 157 cm³/mol. The number of carbonyl (C=O) groups is 2. The van der Waals surface area contributed by atoms with Gasteiger partial charge in [-0.05, 0) is 98.5 Å². The van der Waals surface area contributed by atoms with Gasteiger partial charge < -0.3 is 10.4 Å². The molecule has 0 aliphatic rings. The van der Waals surface area contributed by atoms with Crippen molar-refractivity contribution < 1.29 is 23.5 Å². The Morgan fingerprint density at radius 3 is 2.33 bits per heavy atom. The molecule has 39 heavy (non-hydrogen) atoms. The lowest BCUT2D eigenvalue weighted by molar-refractivity contribution is -0.163. The van der Waals surface area contributed by atoms with Gasteiger partial charge in [-0.25, -0.2) is 4.79 Å². The molecule has 9 heteroatoms. The number of alkyl halides is 2. The number of nitrogens with one attached hydrogen (secondary N) is 1. The third-order valence-corrected chi connectivity index (χ3v) is 8.94. The Balaban J connectivity index is 1.73. The van der Waals surface area contributed by atoms with Crippen molar-refractivity contribution in [2.75, 3.05) is 6.54 Å². The third kappa shape index (κ3) is 6.51. The summed E-state index contributed by atoms with van der Waals surface area (Å²) in [5, 5.41) is 14.7. The Bertz CT molecular complexity index is 1490. The minimum absolute atomic E-state index is 0.00129. The molecular weight excluding hydrogens is 608 g/mol. The van der Waals surface area contributed by atoms with Crippen LogP contribution < -0.4 is 5.32 Å². The number of hydrogen-bond acceptors (Lipinski definition) is 3. The van der Waals surface area contributed by atoms with Gasteiger partial charge in [0.25, 0.3) is 5.91 Å². The standard InChI is InChI=1S/C30H27BrClF2NO3S/c1-3-4-22(18-5-7-20(8-6-18)28(36)35-16-30(33,34)29(37)38)26(19-9-11-21(32)12-10-19)24-15-39-27-23(24)13-17(2)14-25(27)31/h5-15,22,26H,3-4,16H2,1-2H3,(H,35,36)(H,37,38). The van der Waals surface area contributed by atoms with Crippen LogP contribution in [0.4, 0.5) is 8.78 Å². The van der Waals surface area contributed by atoms with Crippen LogP contribution in [0, 0.1) is 6.92 Å². The lowest BCUT2D eigenvalue weighted by Gasteiger charge is -2.29. The summed E-state index contributed by atoms with van der Waals surface area (Å²) in [5.74, 6) is -7.02. The van der Waals surface area contributed by atoms with Gasteiger partial charge in [-0.15, -0.1) is 11.3 Å². The molecule has 0 fully saturated rings. The van der Waals surface area contributed by atoms with E-state index >= 15 is 0 Å². The average Bonchev–Trinajstić information content (AvgIpc) is 3.32. The highest BCUT2D eigenvalue weighted by Gasteiger charge is 2.39. The number of aryl methyl sites for hydroxylation is 1. The van der Waals surface area contributed by atoms with Crippen LogP contribution in [0.2, 0.25) is 5.02 Å². The third-order valence-electron chi connectivity index (χ3n) is 6.75. The van der Waals surface area contributed by atoms with Crippen LogP contribution in [-0.4, -0.2) is 29.5 Å². The summed E-state index contributed by atoms with van der Waals surface area (Å²) < 4.78 is 29.1. The van der Waals surface area contributed by atoms with Gasteiger partial charge in [-0.2, -0.15) is 8.78 Å². The molecule has 1 aromatic heterocycles. The second kappa shape index (κ2) is 12.1. The van der Waals surface area contributed by atoms with E-state index in [1.54, 1.807) is 23.5 Å². The first kappa shape index (κ1) is 29.2. The number of carbonyl (C=O) groups excluding carboxylic acids is 1. The predicted octanol–water partition coefficient (Wildman–Crippen LogP) is 8.79. The fraction of sp³-hybridized carbons (Fsp3) is 0.267. The number of carboxylic acids is 1. The molecule has 0 aliphatic heterocycles. The van der Waals surface area contributed by atoms with Crippen LogP contribution in [0.1, 0.15) is 64.2 Å². The minimum atomic E-state index is -4.04. The summed E-state index contributed by atoms with van der Waals surface area (Å²) in [5.41, 5.74) is 4.67. The maximum absolute atomic E-state index is 13.4. The Morgan fingerprint density at radius 1 is 1.08 bits per heavy atom. The van der Waals surface area contributed by atoms with Gasteiger partial charge in [-0.1, -0.05) is 55.3 Å². The maximum Gasteiger partial charge on any atom is 0.376 e. The van der Waals surface area contributed by atoms with Crippen molar-refractivity contribution in [3.8, 4) is 0 Å². The molecule has 0 radical (unpaired) electrons. The smallest absolute Gasteiger partial charge is 0.376 e. The summed E-state index contributed by atoms with van der Waals surface area (Å²) in [6, 6.07) is 19.1. The number of fused-ring (bicyclic) bond motifs is 1. The number of thiophene rings is 1. The van der Waals surface area contributed by atoms with E-state index in [2.05, 4.69) is 59.4 Å². The summed E-state index contributed by atoms with van der Waals surface area (Å²) in [7, 11) is 0. The van der Waals surface area contributed by atoms with Gasteiger partial charge in [0, 0.05) is 25.7 Å². The highest BCUT2D eigenvalue weighted by molar-refractivity contribution is 9.10. The van der Waals surface area contributed by atoms with Gasteiger partial charge in [-0.3, -0.25) is 4.79 Å². The Kier molecular flexibility index (Phi) is 9.09. The largest absolute Gasteiger partial charge is 0.477 e. The van der Waals surface area contributed by atoms with Gasteiger partial charge in [0.15, 0.2) is 0 Å². The van der Waals surface area contributed by atoms with Crippen molar-refractivity contribution in [3.05, 3.63) is 103 Å². The first-order chi connectivity index (χ1) is 18.5. The van der Waals surface area contributed by atoms with Crippen molar-refractivity contribution in [1.82, 2.24) is 5.32 Å². The Morgan fingerprint density at radius 2 is 1.72 bits per heavy atom. The van der Waals surface area contributed by atoms with Crippen molar-refractivity contribution in [2.45, 2.75) is 44.4 Å². The number of amides is 1. The van der Waals surface area contributed by atoms with Crippen LogP contribution in [0.15, 0.2) is 70.5 Å². The van der Waals surface area contributed by atoms with E-state index in [0.29, 0.717) is 5.02 Å². The fourth-order valence-electron chi connectivity index (χ4n) is 4.88. The number of carboxylic acid groups (broad SMARTS) is 1. The highest BCUT2D eigenvalue weighted by atomic mass is 79.9. The van der Waals surface area contributed by atoms with Crippen LogP contribution >= 0.6 is 38.9 Å². The first-order valence-electron chi connectivity index (χ1n) is 12.4. The SMILES string of the molecule is CCCC(c1ccc(C(=O)NCC(F)(F)C(=O)O)cc1)C(c1ccc(Cl)cc1)c1csc2c(Br)cc(C)cc12. The number of rotatable bonds is 10. The zero-order chi connectivity index (χ0) is 28.3. The van der Waals surface area contributed by atoms with E-state index in [4.69, 9.17) is 16.7 Å².